The number of rotatable bonds is 4. The molecule has 18 heavy (non-hydrogen) atoms. The molecule has 0 saturated carbocycles. The standard InChI is InChI=1S/C12H12BrClFN3/c1-2-5-18-11(7-13)16-17-12(18)9-4-3-8(14)6-10(9)15/h3-4,6H,2,5,7H2,1H3. The van der Waals surface area contributed by atoms with Crippen LogP contribution in [0.2, 0.25) is 5.02 Å². The SMILES string of the molecule is CCCn1c(CBr)nnc1-c1ccc(Cl)cc1F. The maximum atomic E-state index is 13.9. The van der Waals surface area contributed by atoms with E-state index in [4.69, 9.17) is 11.6 Å². The van der Waals surface area contributed by atoms with Gasteiger partial charge in [0.2, 0.25) is 0 Å². The molecular formula is C12H12BrClFN3. The number of hydrogen-bond acceptors (Lipinski definition) is 2. The van der Waals surface area contributed by atoms with Crippen LogP contribution in [0.3, 0.4) is 0 Å². The van der Waals surface area contributed by atoms with Gasteiger partial charge in [0.15, 0.2) is 5.82 Å². The average molecular weight is 333 g/mol. The summed E-state index contributed by atoms with van der Waals surface area (Å²) < 4.78 is 15.8. The zero-order chi connectivity index (χ0) is 13.1. The lowest BCUT2D eigenvalue weighted by atomic mass is 10.2. The minimum atomic E-state index is -0.381. The quantitative estimate of drug-likeness (QED) is 0.791. The van der Waals surface area contributed by atoms with Gasteiger partial charge in [-0.15, -0.1) is 10.2 Å². The molecule has 0 radical (unpaired) electrons. The highest BCUT2D eigenvalue weighted by molar-refractivity contribution is 9.08. The van der Waals surface area contributed by atoms with Crippen LogP contribution in [0.1, 0.15) is 19.2 Å². The predicted molar refractivity (Wildman–Crippen MR) is 73.3 cm³/mol. The van der Waals surface area contributed by atoms with E-state index < -0.39 is 0 Å². The molecule has 2 rings (SSSR count). The number of benzene rings is 1. The summed E-state index contributed by atoms with van der Waals surface area (Å²) in [6.07, 6.45) is 0.931. The van der Waals surface area contributed by atoms with Gasteiger partial charge in [-0.05, 0) is 24.6 Å². The summed E-state index contributed by atoms with van der Waals surface area (Å²) in [6, 6.07) is 4.57. The molecule has 3 nitrogen and oxygen atoms in total. The molecule has 0 spiro atoms. The average Bonchev–Trinajstić information content (AvgIpc) is 2.73. The summed E-state index contributed by atoms with van der Waals surface area (Å²) in [5.41, 5.74) is 0.424. The van der Waals surface area contributed by atoms with Crippen molar-refractivity contribution in [3.05, 3.63) is 34.9 Å². The molecule has 1 aromatic heterocycles. The van der Waals surface area contributed by atoms with Crippen LogP contribution in [0, 0.1) is 5.82 Å². The van der Waals surface area contributed by atoms with E-state index >= 15 is 0 Å². The van der Waals surface area contributed by atoms with Crippen molar-refractivity contribution in [1.82, 2.24) is 14.8 Å². The maximum Gasteiger partial charge on any atom is 0.166 e. The Morgan fingerprint density at radius 2 is 2.17 bits per heavy atom. The van der Waals surface area contributed by atoms with Gasteiger partial charge in [-0.25, -0.2) is 4.39 Å². The van der Waals surface area contributed by atoms with Crippen molar-refractivity contribution < 1.29 is 4.39 Å². The van der Waals surface area contributed by atoms with Crippen molar-refractivity contribution in [3.63, 3.8) is 0 Å². The molecule has 0 atom stereocenters. The smallest absolute Gasteiger partial charge is 0.166 e. The first-order valence-electron chi connectivity index (χ1n) is 5.60. The first-order chi connectivity index (χ1) is 8.67. The van der Waals surface area contributed by atoms with Crippen molar-refractivity contribution >= 4 is 27.5 Å². The third-order valence-corrected chi connectivity index (χ3v) is 3.30. The lowest BCUT2D eigenvalue weighted by molar-refractivity contribution is 0.621. The maximum absolute atomic E-state index is 13.9. The second-order valence-electron chi connectivity index (χ2n) is 3.85. The molecule has 0 unspecified atom stereocenters. The molecule has 1 aromatic carbocycles. The van der Waals surface area contributed by atoms with Gasteiger partial charge in [0.05, 0.1) is 10.9 Å². The molecule has 0 aliphatic carbocycles. The summed E-state index contributed by atoms with van der Waals surface area (Å²) in [7, 11) is 0. The molecule has 0 amide bonds. The van der Waals surface area contributed by atoms with Crippen LogP contribution in [0.4, 0.5) is 4.39 Å². The van der Waals surface area contributed by atoms with Crippen LogP contribution in [0.5, 0.6) is 0 Å². The molecule has 0 saturated heterocycles. The normalized spacial score (nSPS) is 10.9. The van der Waals surface area contributed by atoms with Crippen LogP contribution < -0.4 is 0 Å². The molecule has 0 N–H and O–H groups in total. The Labute approximate surface area is 118 Å². The fourth-order valence-electron chi connectivity index (χ4n) is 1.76. The van der Waals surface area contributed by atoms with Crippen LogP contribution in [0.25, 0.3) is 11.4 Å². The van der Waals surface area contributed by atoms with Crippen LogP contribution >= 0.6 is 27.5 Å². The van der Waals surface area contributed by atoms with Crippen molar-refractivity contribution in [2.45, 2.75) is 25.2 Å². The van der Waals surface area contributed by atoms with Gasteiger partial charge in [0.25, 0.3) is 0 Å². The Bertz CT molecular complexity index is 556. The van der Waals surface area contributed by atoms with Crippen molar-refractivity contribution in [3.8, 4) is 11.4 Å². The highest BCUT2D eigenvalue weighted by Crippen LogP contribution is 2.25. The monoisotopic (exact) mass is 331 g/mol. The summed E-state index contributed by atoms with van der Waals surface area (Å²) in [4.78, 5) is 0. The molecule has 0 fully saturated rings. The Hall–Kier alpha value is -0.940. The van der Waals surface area contributed by atoms with E-state index in [2.05, 4.69) is 33.1 Å². The van der Waals surface area contributed by atoms with Gasteiger partial charge in [-0.2, -0.15) is 0 Å². The lowest BCUT2D eigenvalue weighted by Crippen LogP contribution is -2.04. The minimum Gasteiger partial charge on any atom is -0.310 e. The zero-order valence-corrected chi connectivity index (χ0v) is 12.2. The molecule has 0 aliphatic rings. The van der Waals surface area contributed by atoms with E-state index in [0.29, 0.717) is 21.7 Å². The number of alkyl halides is 1. The number of hydrogen-bond donors (Lipinski definition) is 0. The van der Waals surface area contributed by atoms with Crippen molar-refractivity contribution in [1.29, 1.82) is 0 Å². The van der Waals surface area contributed by atoms with E-state index in [-0.39, 0.29) is 5.82 Å². The third kappa shape index (κ3) is 2.57. The highest BCUT2D eigenvalue weighted by atomic mass is 79.9. The van der Waals surface area contributed by atoms with E-state index in [9.17, 15) is 4.39 Å². The molecule has 96 valence electrons. The molecule has 0 aliphatic heterocycles. The first kappa shape index (κ1) is 13.5. The third-order valence-electron chi connectivity index (χ3n) is 2.57. The summed E-state index contributed by atoms with van der Waals surface area (Å²) in [5.74, 6) is 0.954. The van der Waals surface area contributed by atoms with Crippen molar-refractivity contribution in [2.24, 2.45) is 0 Å². The van der Waals surface area contributed by atoms with E-state index in [0.717, 1.165) is 18.8 Å². The van der Waals surface area contributed by atoms with Gasteiger partial charge in [-0.1, -0.05) is 34.5 Å². The molecule has 0 bridgehead atoms. The predicted octanol–water partition coefficient (Wildman–Crippen LogP) is 4.04. The first-order valence-corrected chi connectivity index (χ1v) is 7.10. The van der Waals surface area contributed by atoms with Gasteiger partial charge in [-0.3, -0.25) is 0 Å². The Morgan fingerprint density at radius 3 is 2.78 bits per heavy atom. The largest absolute Gasteiger partial charge is 0.310 e. The van der Waals surface area contributed by atoms with E-state index in [1.165, 1.54) is 6.07 Å². The minimum absolute atomic E-state index is 0.374. The Balaban J connectivity index is 2.52. The highest BCUT2D eigenvalue weighted by Gasteiger charge is 2.15. The summed E-state index contributed by atoms with van der Waals surface area (Å²) in [6.45, 7) is 2.81. The second-order valence-corrected chi connectivity index (χ2v) is 4.85. The number of halogens is 3. The zero-order valence-electron chi connectivity index (χ0n) is 9.83. The topological polar surface area (TPSA) is 30.7 Å². The number of aromatic nitrogens is 3. The van der Waals surface area contributed by atoms with Gasteiger partial charge < -0.3 is 4.57 Å². The molecule has 1 heterocycles. The molecule has 6 heteroatoms. The van der Waals surface area contributed by atoms with Crippen LogP contribution in [-0.4, -0.2) is 14.8 Å². The van der Waals surface area contributed by atoms with Gasteiger partial charge in [0.1, 0.15) is 11.6 Å². The van der Waals surface area contributed by atoms with Gasteiger partial charge in [0, 0.05) is 11.6 Å². The molecular weight excluding hydrogens is 321 g/mol. The Kier molecular flexibility index (Phi) is 4.35. The van der Waals surface area contributed by atoms with Gasteiger partial charge >= 0.3 is 0 Å². The summed E-state index contributed by atoms with van der Waals surface area (Å²) in [5, 5.41) is 9.09. The fourth-order valence-corrected chi connectivity index (χ4v) is 2.34. The van der Waals surface area contributed by atoms with Crippen molar-refractivity contribution in [2.75, 3.05) is 0 Å². The van der Waals surface area contributed by atoms with E-state index in [1.54, 1.807) is 12.1 Å². The summed E-state index contributed by atoms with van der Waals surface area (Å²) >= 11 is 9.10. The van der Waals surface area contributed by atoms with E-state index in [1.807, 2.05) is 4.57 Å². The van der Waals surface area contributed by atoms with Crippen LogP contribution in [0.15, 0.2) is 18.2 Å². The fraction of sp³-hybridized carbons (Fsp3) is 0.333. The second kappa shape index (κ2) is 5.80. The number of nitrogens with zero attached hydrogens (tertiary/aromatic N) is 3. The lowest BCUT2D eigenvalue weighted by Gasteiger charge is -2.08. The Morgan fingerprint density at radius 1 is 1.39 bits per heavy atom. The van der Waals surface area contributed by atoms with Crippen LogP contribution in [-0.2, 0) is 11.9 Å². The molecule has 2 aromatic rings.